The van der Waals surface area contributed by atoms with E-state index in [2.05, 4.69) is 5.32 Å². The van der Waals surface area contributed by atoms with E-state index in [4.69, 9.17) is 5.26 Å². The van der Waals surface area contributed by atoms with Gasteiger partial charge in [0.2, 0.25) is 0 Å². The van der Waals surface area contributed by atoms with Crippen molar-refractivity contribution in [2.24, 2.45) is 0 Å². The van der Waals surface area contributed by atoms with Gasteiger partial charge in [0.05, 0.1) is 23.0 Å². The van der Waals surface area contributed by atoms with E-state index in [1.165, 1.54) is 12.1 Å². The van der Waals surface area contributed by atoms with Crippen molar-refractivity contribution in [2.45, 2.75) is 18.9 Å². The molecule has 0 saturated carbocycles. The molecule has 118 valence electrons. The summed E-state index contributed by atoms with van der Waals surface area (Å²) in [5.41, 5.74) is 1.35. The first kappa shape index (κ1) is 15.3. The second-order valence-corrected chi connectivity index (χ2v) is 5.66. The summed E-state index contributed by atoms with van der Waals surface area (Å²) in [5.74, 6) is -0.627. The standard InChI is InChI=1S/C18H17F2N3/c19-15-3-1-2-4-17(15)22-14-7-9-23(10-8-14)18-6-5-13(12-21)11-16(18)20/h1-6,11,14,22H,7-10H2. The van der Waals surface area contributed by atoms with Crippen molar-refractivity contribution in [3.63, 3.8) is 0 Å². The lowest BCUT2D eigenvalue weighted by atomic mass is 10.0. The first-order chi connectivity index (χ1) is 11.2. The molecular weight excluding hydrogens is 296 g/mol. The van der Waals surface area contributed by atoms with Gasteiger partial charge in [0.15, 0.2) is 0 Å². The SMILES string of the molecule is N#Cc1ccc(N2CCC(Nc3ccccc3F)CC2)c(F)c1. The third kappa shape index (κ3) is 3.42. The third-order valence-corrected chi connectivity index (χ3v) is 4.15. The molecular formula is C18H17F2N3. The molecule has 0 radical (unpaired) electrons. The summed E-state index contributed by atoms with van der Waals surface area (Å²) >= 11 is 0. The number of rotatable bonds is 3. The maximum Gasteiger partial charge on any atom is 0.147 e. The van der Waals surface area contributed by atoms with E-state index >= 15 is 0 Å². The van der Waals surface area contributed by atoms with Crippen molar-refractivity contribution in [3.05, 3.63) is 59.7 Å². The quantitative estimate of drug-likeness (QED) is 0.933. The summed E-state index contributed by atoms with van der Waals surface area (Å²) in [6.45, 7) is 1.38. The van der Waals surface area contributed by atoms with E-state index in [0.29, 0.717) is 30.0 Å². The number of nitriles is 1. The third-order valence-electron chi connectivity index (χ3n) is 4.15. The molecule has 2 aromatic rings. The van der Waals surface area contributed by atoms with Gasteiger partial charge in [0.1, 0.15) is 11.6 Å². The minimum absolute atomic E-state index is 0.171. The minimum atomic E-state index is -0.371. The molecule has 2 aromatic carbocycles. The molecule has 0 bridgehead atoms. The molecule has 23 heavy (non-hydrogen) atoms. The topological polar surface area (TPSA) is 39.1 Å². The summed E-state index contributed by atoms with van der Waals surface area (Å²) in [7, 11) is 0. The molecule has 3 nitrogen and oxygen atoms in total. The molecule has 5 heteroatoms. The van der Waals surface area contributed by atoms with Crippen LogP contribution in [0, 0.1) is 23.0 Å². The molecule has 1 saturated heterocycles. The number of hydrogen-bond acceptors (Lipinski definition) is 3. The van der Waals surface area contributed by atoms with Crippen LogP contribution in [0.2, 0.25) is 0 Å². The van der Waals surface area contributed by atoms with E-state index in [9.17, 15) is 8.78 Å². The van der Waals surface area contributed by atoms with Crippen LogP contribution in [0.4, 0.5) is 20.2 Å². The van der Waals surface area contributed by atoms with Crippen LogP contribution in [-0.4, -0.2) is 19.1 Å². The molecule has 0 unspecified atom stereocenters. The number of hydrogen-bond donors (Lipinski definition) is 1. The van der Waals surface area contributed by atoms with Gasteiger partial charge in [-0.2, -0.15) is 5.26 Å². The molecule has 1 aliphatic rings. The largest absolute Gasteiger partial charge is 0.380 e. The molecule has 0 spiro atoms. The Balaban J connectivity index is 1.63. The van der Waals surface area contributed by atoms with E-state index in [1.807, 2.05) is 11.0 Å². The Morgan fingerprint density at radius 2 is 1.78 bits per heavy atom. The predicted octanol–water partition coefficient (Wildman–Crippen LogP) is 3.92. The van der Waals surface area contributed by atoms with Crippen LogP contribution in [0.3, 0.4) is 0 Å². The average molecular weight is 313 g/mol. The second-order valence-electron chi connectivity index (χ2n) is 5.66. The van der Waals surface area contributed by atoms with Gasteiger partial charge in [0.25, 0.3) is 0 Å². The molecule has 0 aromatic heterocycles. The van der Waals surface area contributed by atoms with Crippen LogP contribution in [-0.2, 0) is 0 Å². The summed E-state index contributed by atoms with van der Waals surface area (Å²) in [4.78, 5) is 1.97. The van der Waals surface area contributed by atoms with Gasteiger partial charge in [-0.05, 0) is 43.2 Å². The fraction of sp³-hybridized carbons (Fsp3) is 0.278. The van der Waals surface area contributed by atoms with Gasteiger partial charge in [-0.1, -0.05) is 12.1 Å². The molecule has 1 heterocycles. The molecule has 1 fully saturated rings. The van der Waals surface area contributed by atoms with Gasteiger partial charge < -0.3 is 10.2 Å². The number of nitrogens with zero attached hydrogens (tertiary/aromatic N) is 2. The van der Waals surface area contributed by atoms with Crippen LogP contribution < -0.4 is 10.2 Å². The van der Waals surface area contributed by atoms with E-state index in [0.717, 1.165) is 12.8 Å². The summed E-state index contributed by atoms with van der Waals surface area (Å²) in [6.07, 6.45) is 1.60. The van der Waals surface area contributed by atoms with Crippen molar-refractivity contribution in [2.75, 3.05) is 23.3 Å². The van der Waals surface area contributed by atoms with Gasteiger partial charge in [-0.3, -0.25) is 0 Å². The number of nitrogens with one attached hydrogen (secondary N) is 1. The smallest absolute Gasteiger partial charge is 0.147 e. The second kappa shape index (κ2) is 6.66. The maximum atomic E-state index is 14.1. The zero-order valence-electron chi connectivity index (χ0n) is 12.6. The van der Waals surface area contributed by atoms with Gasteiger partial charge in [0, 0.05) is 19.1 Å². The summed E-state index contributed by atoms with van der Waals surface area (Å²) < 4.78 is 27.7. The first-order valence-corrected chi connectivity index (χ1v) is 7.63. The van der Waals surface area contributed by atoms with Crippen LogP contribution >= 0.6 is 0 Å². The number of anilines is 2. The zero-order valence-corrected chi connectivity index (χ0v) is 12.6. The average Bonchev–Trinajstić information content (AvgIpc) is 2.58. The fourth-order valence-electron chi connectivity index (χ4n) is 2.90. The number of halogens is 2. The van der Waals surface area contributed by atoms with Crippen LogP contribution in [0.1, 0.15) is 18.4 Å². The highest BCUT2D eigenvalue weighted by Gasteiger charge is 2.22. The molecule has 1 aliphatic heterocycles. The lowest BCUT2D eigenvalue weighted by molar-refractivity contribution is 0.513. The number of benzene rings is 2. The Labute approximate surface area is 134 Å². The Bertz CT molecular complexity index is 731. The number of para-hydroxylation sites is 1. The highest BCUT2D eigenvalue weighted by atomic mass is 19.1. The normalized spacial score (nSPS) is 15.3. The lowest BCUT2D eigenvalue weighted by Gasteiger charge is -2.34. The Morgan fingerprint density at radius 3 is 2.43 bits per heavy atom. The monoisotopic (exact) mass is 313 g/mol. The fourth-order valence-corrected chi connectivity index (χ4v) is 2.90. The van der Waals surface area contributed by atoms with E-state index in [-0.39, 0.29) is 17.7 Å². The Morgan fingerprint density at radius 1 is 1.04 bits per heavy atom. The van der Waals surface area contributed by atoms with E-state index < -0.39 is 0 Å². The van der Waals surface area contributed by atoms with Crippen LogP contribution in [0.5, 0.6) is 0 Å². The van der Waals surface area contributed by atoms with Crippen LogP contribution in [0.25, 0.3) is 0 Å². The minimum Gasteiger partial charge on any atom is -0.380 e. The zero-order chi connectivity index (χ0) is 16.2. The van der Waals surface area contributed by atoms with Crippen molar-refractivity contribution in [1.29, 1.82) is 5.26 Å². The van der Waals surface area contributed by atoms with Crippen molar-refractivity contribution in [3.8, 4) is 6.07 Å². The van der Waals surface area contributed by atoms with Crippen molar-refractivity contribution in [1.82, 2.24) is 0 Å². The van der Waals surface area contributed by atoms with Crippen molar-refractivity contribution >= 4 is 11.4 Å². The summed E-state index contributed by atoms with van der Waals surface area (Å²) in [5, 5.41) is 12.0. The Hall–Kier alpha value is -2.61. The van der Waals surface area contributed by atoms with Gasteiger partial charge >= 0.3 is 0 Å². The Kier molecular flexibility index (Phi) is 4.42. The van der Waals surface area contributed by atoms with Crippen LogP contribution in [0.15, 0.2) is 42.5 Å². The molecule has 1 N–H and O–H groups in total. The van der Waals surface area contributed by atoms with Crippen molar-refractivity contribution < 1.29 is 8.78 Å². The van der Waals surface area contributed by atoms with Gasteiger partial charge in [-0.25, -0.2) is 8.78 Å². The number of piperidine rings is 1. The molecule has 0 aliphatic carbocycles. The first-order valence-electron chi connectivity index (χ1n) is 7.63. The maximum absolute atomic E-state index is 14.1. The van der Waals surface area contributed by atoms with Gasteiger partial charge in [-0.15, -0.1) is 0 Å². The highest BCUT2D eigenvalue weighted by Crippen LogP contribution is 2.25. The summed E-state index contributed by atoms with van der Waals surface area (Å²) in [6, 6.07) is 13.3. The molecule has 0 amide bonds. The molecule has 3 rings (SSSR count). The highest BCUT2D eigenvalue weighted by molar-refractivity contribution is 5.52. The predicted molar refractivity (Wildman–Crippen MR) is 86.4 cm³/mol. The van der Waals surface area contributed by atoms with E-state index in [1.54, 1.807) is 30.3 Å². The molecule has 0 atom stereocenters. The lowest BCUT2D eigenvalue weighted by Crippen LogP contribution is -2.39.